The molecule has 0 bridgehead atoms. The van der Waals surface area contributed by atoms with Gasteiger partial charge in [0.05, 0.1) is 5.02 Å². The summed E-state index contributed by atoms with van der Waals surface area (Å²) >= 11 is 6.06. The van der Waals surface area contributed by atoms with Crippen LogP contribution in [0.25, 0.3) is 0 Å². The number of carbonyl (C=O) groups is 3. The van der Waals surface area contributed by atoms with Crippen molar-refractivity contribution >= 4 is 29.2 Å². The Hall–Kier alpha value is -1.88. The van der Waals surface area contributed by atoms with Gasteiger partial charge in [-0.2, -0.15) is 0 Å². The molecule has 0 saturated carbocycles. The zero-order valence-electron chi connectivity index (χ0n) is 15.8. The highest BCUT2D eigenvalue weighted by molar-refractivity contribution is 6.34. The molecule has 2 aliphatic heterocycles. The number of benzene rings is 1. The van der Waals surface area contributed by atoms with E-state index in [1.165, 1.54) is 0 Å². The zero-order chi connectivity index (χ0) is 19.4. The SMILES string of the molecule is CC1CCN(C(=O)C2CCCN2C(=O)CCC(=O)c2ccccc2Cl)CC1. The van der Waals surface area contributed by atoms with E-state index in [2.05, 4.69) is 6.92 Å². The van der Waals surface area contributed by atoms with E-state index in [0.29, 0.717) is 23.0 Å². The molecule has 27 heavy (non-hydrogen) atoms. The molecule has 0 spiro atoms. The number of nitrogens with zero attached hydrogens (tertiary/aromatic N) is 2. The molecule has 1 unspecified atom stereocenters. The molecule has 146 valence electrons. The molecule has 2 saturated heterocycles. The van der Waals surface area contributed by atoms with Crippen molar-refractivity contribution in [1.29, 1.82) is 0 Å². The summed E-state index contributed by atoms with van der Waals surface area (Å²) in [5.41, 5.74) is 0.448. The molecule has 2 amide bonds. The first kappa shape index (κ1) is 19.9. The Labute approximate surface area is 165 Å². The maximum Gasteiger partial charge on any atom is 0.245 e. The highest BCUT2D eigenvalue weighted by atomic mass is 35.5. The zero-order valence-corrected chi connectivity index (χ0v) is 16.6. The number of piperidine rings is 1. The van der Waals surface area contributed by atoms with Crippen molar-refractivity contribution < 1.29 is 14.4 Å². The molecule has 0 aromatic heterocycles. The van der Waals surface area contributed by atoms with Gasteiger partial charge in [0.2, 0.25) is 11.8 Å². The van der Waals surface area contributed by atoms with E-state index in [0.717, 1.165) is 38.8 Å². The average molecular weight is 391 g/mol. The quantitative estimate of drug-likeness (QED) is 0.722. The van der Waals surface area contributed by atoms with Gasteiger partial charge in [0.25, 0.3) is 0 Å². The van der Waals surface area contributed by atoms with Gasteiger partial charge in [0.15, 0.2) is 5.78 Å². The summed E-state index contributed by atoms with van der Waals surface area (Å²) in [6.45, 7) is 4.37. The van der Waals surface area contributed by atoms with Crippen LogP contribution in [0.5, 0.6) is 0 Å². The topological polar surface area (TPSA) is 57.7 Å². The van der Waals surface area contributed by atoms with Crippen LogP contribution in [0.2, 0.25) is 5.02 Å². The van der Waals surface area contributed by atoms with Crippen LogP contribution in [0.4, 0.5) is 0 Å². The Balaban J connectivity index is 1.56. The highest BCUT2D eigenvalue weighted by Crippen LogP contribution is 2.24. The molecule has 0 aliphatic carbocycles. The molecular weight excluding hydrogens is 364 g/mol. The first-order valence-electron chi connectivity index (χ1n) is 9.83. The summed E-state index contributed by atoms with van der Waals surface area (Å²) in [5.74, 6) is 0.481. The summed E-state index contributed by atoms with van der Waals surface area (Å²) in [5, 5.41) is 0.406. The lowest BCUT2D eigenvalue weighted by molar-refractivity contribution is -0.144. The fraction of sp³-hybridized carbons (Fsp3) is 0.571. The first-order valence-corrected chi connectivity index (χ1v) is 10.2. The van der Waals surface area contributed by atoms with Crippen LogP contribution in [-0.2, 0) is 9.59 Å². The minimum absolute atomic E-state index is 0.0742. The van der Waals surface area contributed by atoms with Gasteiger partial charge in [-0.05, 0) is 43.7 Å². The second-order valence-electron chi connectivity index (χ2n) is 7.66. The standard InChI is InChI=1S/C21H27ClN2O3/c1-15-10-13-23(14-11-15)21(27)18-7-4-12-24(18)20(26)9-8-19(25)16-5-2-3-6-17(16)22/h2-3,5-6,15,18H,4,7-14H2,1H3. The summed E-state index contributed by atoms with van der Waals surface area (Å²) in [6, 6.07) is 6.52. The second-order valence-corrected chi connectivity index (χ2v) is 8.06. The van der Waals surface area contributed by atoms with E-state index in [1.54, 1.807) is 29.2 Å². The van der Waals surface area contributed by atoms with Crippen LogP contribution in [0, 0.1) is 5.92 Å². The van der Waals surface area contributed by atoms with Gasteiger partial charge in [-0.25, -0.2) is 0 Å². The Morgan fingerprint density at radius 1 is 1.04 bits per heavy atom. The Kier molecular flexibility index (Phi) is 6.53. The lowest BCUT2D eigenvalue weighted by atomic mass is 9.98. The second kappa shape index (κ2) is 8.87. The number of amides is 2. The largest absolute Gasteiger partial charge is 0.341 e. The molecule has 2 aliphatic rings. The van der Waals surface area contributed by atoms with E-state index < -0.39 is 0 Å². The van der Waals surface area contributed by atoms with E-state index in [-0.39, 0.29) is 36.5 Å². The minimum atomic E-state index is -0.360. The Morgan fingerprint density at radius 3 is 2.44 bits per heavy atom. The number of hydrogen-bond acceptors (Lipinski definition) is 3. The van der Waals surface area contributed by atoms with Crippen molar-refractivity contribution in [3.63, 3.8) is 0 Å². The summed E-state index contributed by atoms with van der Waals surface area (Å²) in [7, 11) is 0. The molecule has 0 N–H and O–H groups in total. The van der Waals surface area contributed by atoms with Gasteiger partial charge >= 0.3 is 0 Å². The molecule has 0 radical (unpaired) electrons. The number of Topliss-reactive ketones (excluding diaryl/α,β-unsaturated/α-hetero) is 1. The lowest BCUT2D eigenvalue weighted by Gasteiger charge is -2.34. The Morgan fingerprint density at radius 2 is 1.74 bits per heavy atom. The maximum absolute atomic E-state index is 12.9. The third kappa shape index (κ3) is 4.70. The molecule has 3 rings (SSSR count). The molecule has 1 aromatic rings. The van der Waals surface area contributed by atoms with Gasteiger partial charge in [0.1, 0.15) is 6.04 Å². The molecule has 1 atom stereocenters. The number of carbonyl (C=O) groups excluding carboxylic acids is 3. The predicted octanol–water partition coefficient (Wildman–Crippen LogP) is 3.55. The first-order chi connectivity index (χ1) is 13.0. The van der Waals surface area contributed by atoms with Crippen LogP contribution in [0.15, 0.2) is 24.3 Å². The molecule has 6 heteroatoms. The van der Waals surface area contributed by atoms with E-state index >= 15 is 0 Å². The highest BCUT2D eigenvalue weighted by Gasteiger charge is 2.37. The van der Waals surface area contributed by atoms with Crippen molar-refractivity contribution in [2.45, 2.75) is 51.5 Å². The predicted molar refractivity (Wildman–Crippen MR) is 105 cm³/mol. The van der Waals surface area contributed by atoms with Gasteiger partial charge in [-0.15, -0.1) is 0 Å². The summed E-state index contributed by atoms with van der Waals surface area (Å²) in [4.78, 5) is 41.5. The molecule has 5 nitrogen and oxygen atoms in total. The van der Waals surface area contributed by atoms with Gasteiger partial charge < -0.3 is 9.80 Å². The van der Waals surface area contributed by atoms with E-state index in [9.17, 15) is 14.4 Å². The molecule has 2 fully saturated rings. The van der Waals surface area contributed by atoms with Gasteiger partial charge in [-0.3, -0.25) is 14.4 Å². The number of rotatable bonds is 5. The summed E-state index contributed by atoms with van der Waals surface area (Å²) < 4.78 is 0. The molecule has 1 aromatic carbocycles. The van der Waals surface area contributed by atoms with Crippen molar-refractivity contribution in [3.8, 4) is 0 Å². The summed E-state index contributed by atoms with van der Waals surface area (Å²) in [6.07, 6.45) is 3.84. The van der Waals surface area contributed by atoms with Crippen LogP contribution in [0.1, 0.15) is 55.8 Å². The minimum Gasteiger partial charge on any atom is -0.341 e. The lowest BCUT2D eigenvalue weighted by Crippen LogP contribution is -2.49. The van der Waals surface area contributed by atoms with Crippen LogP contribution >= 0.6 is 11.6 Å². The fourth-order valence-electron chi connectivity index (χ4n) is 3.95. The van der Waals surface area contributed by atoms with Crippen molar-refractivity contribution in [2.75, 3.05) is 19.6 Å². The number of hydrogen-bond donors (Lipinski definition) is 0. The van der Waals surface area contributed by atoms with Crippen molar-refractivity contribution in [2.24, 2.45) is 5.92 Å². The van der Waals surface area contributed by atoms with E-state index in [4.69, 9.17) is 11.6 Å². The number of halogens is 1. The van der Waals surface area contributed by atoms with Crippen LogP contribution in [0.3, 0.4) is 0 Å². The maximum atomic E-state index is 12.9. The Bertz CT molecular complexity index is 713. The number of ketones is 1. The smallest absolute Gasteiger partial charge is 0.245 e. The van der Waals surface area contributed by atoms with Gasteiger partial charge in [-0.1, -0.05) is 30.7 Å². The van der Waals surface area contributed by atoms with Crippen LogP contribution < -0.4 is 0 Å². The van der Waals surface area contributed by atoms with Gasteiger partial charge in [0, 0.05) is 38.0 Å². The van der Waals surface area contributed by atoms with Crippen LogP contribution in [-0.4, -0.2) is 53.1 Å². The number of likely N-dealkylation sites (tertiary alicyclic amines) is 2. The van der Waals surface area contributed by atoms with Crippen molar-refractivity contribution in [1.82, 2.24) is 9.80 Å². The normalized spacial score (nSPS) is 20.7. The average Bonchev–Trinajstić information content (AvgIpc) is 3.16. The van der Waals surface area contributed by atoms with E-state index in [1.807, 2.05) is 4.90 Å². The monoisotopic (exact) mass is 390 g/mol. The third-order valence-electron chi connectivity index (χ3n) is 5.69. The molecule has 2 heterocycles. The van der Waals surface area contributed by atoms with Crippen molar-refractivity contribution in [3.05, 3.63) is 34.9 Å². The third-order valence-corrected chi connectivity index (χ3v) is 6.02. The molecular formula is C21H27ClN2O3. The fourth-order valence-corrected chi connectivity index (χ4v) is 4.19.